The second-order valence-electron chi connectivity index (χ2n) is 15.1. The molecule has 302 valence electrons. The molecule has 0 amide bonds. The maximum absolute atomic E-state index is 5.29. The molecule has 2 N–H and O–H groups in total. The molecule has 1 aromatic heterocycles. The average Bonchev–Trinajstić information content (AvgIpc) is 3.23. The van der Waals surface area contributed by atoms with E-state index in [0.29, 0.717) is 17.9 Å². The van der Waals surface area contributed by atoms with Crippen molar-refractivity contribution >= 4 is 37.1 Å². The second kappa shape index (κ2) is 24.4. The standard InChI is InChI=1S/C45H62P2.C6H8N2.Ru/c1-11-34-20-35(12-2)25-42(24-34)46(43-26-36(13-3)21-37(14-4)27-43)32(9)19-33(10)47(44-28-38(15-5)22-39(16-6)29-44)45-30-40(17-7)23-41(18-8)31-45;7-5-6-3-1-2-4-8-6;/h20-33H,11-19H2,1-10H3;1-4H,5,7H2;/t32-,33-;;/m0../s1. The molecule has 2 nitrogen and oxygen atoms in total. The van der Waals surface area contributed by atoms with Gasteiger partial charge in [0.25, 0.3) is 0 Å². The molecule has 0 fully saturated rings. The summed E-state index contributed by atoms with van der Waals surface area (Å²) >= 11 is 0. The Morgan fingerprint density at radius 3 is 0.893 bits per heavy atom. The zero-order chi connectivity index (χ0) is 39.9. The van der Waals surface area contributed by atoms with Crippen molar-refractivity contribution in [2.45, 2.75) is 145 Å². The van der Waals surface area contributed by atoms with Crippen LogP contribution in [-0.4, -0.2) is 16.3 Å². The van der Waals surface area contributed by atoms with Gasteiger partial charge in [-0.25, -0.2) is 0 Å². The fraction of sp³-hybridized carbons (Fsp3) is 0.431. The fourth-order valence-electron chi connectivity index (χ4n) is 7.70. The van der Waals surface area contributed by atoms with Gasteiger partial charge >= 0.3 is 0 Å². The van der Waals surface area contributed by atoms with Gasteiger partial charge in [0, 0.05) is 32.2 Å². The van der Waals surface area contributed by atoms with Crippen molar-refractivity contribution in [2.24, 2.45) is 5.73 Å². The molecule has 0 saturated heterocycles. The molecule has 0 saturated carbocycles. The minimum atomic E-state index is -0.522. The molecular weight excluding hydrogens is 804 g/mol. The fourth-order valence-corrected chi connectivity index (χ4v) is 14.0. The van der Waals surface area contributed by atoms with E-state index in [1.807, 2.05) is 18.2 Å². The summed E-state index contributed by atoms with van der Waals surface area (Å²) in [6, 6.07) is 36.0. The van der Waals surface area contributed by atoms with Crippen LogP contribution >= 0.6 is 15.8 Å². The van der Waals surface area contributed by atoms with Gasteiger partial charge in [-0.1, -0.05) is 148 Å². The number of nitrogens with zero attached hydrogens (tertiary/aromatic N) is 1. The van der Waals surface area contributed by atoms with E-state index < -0.39 is 15.8 Å². The smallest absolute Gasteiger partial charge is 0.0539 e. The van der Waals surface area contributed by atoms with Gasteiger partial charge in [-0.2, -0.15) is 0 Å². The van der Waals surface area contributed by atoms with Gasteiger partial charge in [0.2, 0.25) is 0 Å². The molecule has 5 rings (SSSR count). The summed E-state index contributed by atoms with van der Waals surface area (Å²) in [5, 5.41) is 6.33. The molecule has 2 atom stereocenters. The van der Waals surface area contributed by atoms with Gasteiger partial charge in [-0.3, -0.25) is 4.98 Å². The van der Waals surface area contributed by atoms with Gasteiger partial charge in [-0.05, 0) is 163 Å². The van der Waals surface area contributed by atoms with Crippen LogP contribution in [0.15, 0.2) is 97.2 Å². The van der Waals surface area contributed by atoms with Crippen LogP contribution < -0.4 is 27.0 Å². The number of aromatic nitrogens is 1. The molecule has 0 unspecified atom stereocenters. The van der Waals surface area contributed by atoms with Crippen molar-refractivity contribution in [1.82, 2.24) is 4.98 Å². The van der Waals surface area contributed by atoms with Crippen LogP contribution in [0.25, 0.3) is 0 Å². The molecule has 5 heteroatoms. The number of benzene rings is 4. The van der Waals surface area contributed by atoms with E-state index in [1.165, 1.54) is 50.9 Å². The number of hydrogen-bond acceptors (Lipinski definition) is 2. The maximum Gasteiger partial charge on any atom is 0.0539 e. The molecular formula is C51H70N2P2Ru. The van der Waals surface area contributed by atoms with Crippen LogP contribution in [0.1, 0.15) is 126 Å². The normalized spacial score (nSPS) is 12.2. The van der Waals surface area contributed by atoms with Crippen LogP contribution in [0.3, 0.4) is 0 Å². The quantitative estimate of drug-likeness (QED) is 0.0747. The predicted octanol–water partition coefficient (Wildman–Crippen LogP) is 11.5. The van der Waals surface area contributed by atoms with Crippen molar-refractivity contribution in [1.29, 1.82) is 0 Å². The first-order valence-corrected chi connectivity index (χ1v) is 24.1. The summed E-state index contributed by atoms with van der Waals surface area (Å²) in [6.07, 6.45) is 11.7. The van der Waals surface area contributed by atoms with Crippen LogP contribution in [-0.2, 0) is 77.4 Å². The molecule has 0 aliphatic rings. The van der Waals surface area contributed by atoms with Crippen molar-refractivity contribution < 1.29 is 19.5 Å². The van der Waals surface area contributed by atoms with Gasteiger partial charge in [0.15, 0.2) is 0 Å². The van der Waals surface area contributed by atoms with Crippen molar-refractivity contribution in [2.75, 3.05) is 0 Å². The minimum absolute atomic E-state index is 0. The van der Waals surface area contributed by atoms with Crippen LogP contribution in [0.5, 0.6) is 0 Å². The summed E-state index contributed by atoms with van der Waals surface area (Å²) in [5.74, 6) is 0. The third-order valence-corrected chi connectivity index (χ3v) is 16.5. The molecule has 4 aromatic carbocycles. The van der Waals surface area contributed by atoms with E-state index in [0.717, 1.165) is 57.1 Å². The van der Waals surface area contributed by atoms with E-state index in [2.05, 4.69) is 147 Å². The zero-order valence-electron chi connectivity index (χ0n) is 36.2. The topological polar surface area (TPSA) is 38.9 Å². The summed E-state index contributed by atoms with van der Waals surface area (Å²) < 4.78 is 0. The van der Waals surface area contributed by atoms with Crippen molar-refractivity contribution in [3.63, 3.8) is 0 Å². The molecule has 0 spiro atoms. The van der Waals surface area contributed by atoms with Gasteiger partial charge in [0.05, 0.1) is 5.69 Å². The second-order valence-corrected chi connectivity index (χ2v) is 20.4. The van der Waals surface area contributed by atoms with E-state index in [1.54, 1.807) is 27.4 Å². The number of rotatable bonds is 17. The number of nitrogens with two attached hydrogens (primary N) is 1. The Balaban J connectivity index is 0.000000830. The Labute approximate surface area is 357 Å². The zero-order valence-corrected chi connectivity index (χ0v) is 39.8. The Hall–Kier alpha value is -2.53. The van der Waals surface area contributed by atoms with Crippen LogP contribution in [0.2, 0.25) is 0 Å². The van der Waals surface area contributed by atoms with E-state index in [-0.39, 0.29) is 19.5 Å². The molecule has 1 heterocycles. The van der Waals surface area contributed by atoms with E-state index >= 15 is 0 Å². The molecule has 0 aliphatic heterocycles. The average molecular weight is 874 g/mol. The minimum Gasteiger partial charge on any atom is -0.325 e. The molecule has 56 heavy (non-hydrogen) atoms. The Kier molecular flexibility index (Phi) is 20.9. The van der Waals surface area contributed by atoms with Crippen LogP contribution in [0, 0.1) is 0 Å². The number of hydrogen-bond donors (Lipinski definition) is 1. The van der Waals surface area contributed by atoms with E-state index in [4.69, 9.17) is 5.73 Å². The first-order chi connectivity index (χ1) is 26.6. The third kappa shape index (κ3) is 13.3. The number of pyridine rings is 1. The summed E-state index contributed by atoms with van der Waals surface area (Å²) in [7, 11) is -1.04. The predicted molar refractivity (Wildman–Crippen MR) is 249 cm³/mol. The number of aryl methyl sites for hydroxylation is 8. The Bertz CT molecular complexity index is 1600. The van der Waals surface area contributed by atoms with Crippen molar-refractivity contribution in [3.8, 4) is 0 Å². The van der Waals surface area contributed by atoms with E-state index in [9.17, 15) is 0 Å². The summed E-state index contributed by atoms with van der Waals surface area (Å²) in [6.45, 7) is 24.2. The molecule has 0 aliphatic carbocycles. The third-order valence-electron chi connectivity index (χ3n) is 11.0. The summed E-state index contributed by atoms with van der Waals surface area (Å²) in [4.78, 5) is 3.97. The maximum atomic E-state index is 5.29. The van der Waals surface area contributed by atoms with Gasteiger partial charge in [0.1, 0.15) is 0 Å². The SMILES string of the molecule is CCc1cc(CC)cc(P(c2cc(CC)cc(CC)c2)[C@@H](C)C[C@H](C)P(c2cc(CC)cc(CC)c2)c2cc(CC)cc(CC)c2)c1.NCc1ccccn1.[Ru]. The largest absolute Gasteiger partial charge is 0.325 e. The molecule has 0 radical (unpaired) electrons. The van der Waals surface area contributed by atoms with Crippen molar-refractivity contribution in [3.05, 3.63) is 147 Å². The first-order valence-electron chi connectivity index (χ1n) is 21.3. The Morgan fingerprint density at radius 1 is 0.446 bits per heavy atom. The summed E-state index contributed by atoms with van der Waals surface area (Å²) in [5.41, 5.74) is 19.3. The van der Waals surface area contributed by atoms with Crippen LogP contribution in [0.4, 0.5) is 0 Å². The molecule has 5 aromatic rings. The van der Waals surface area contributed by atoms with Gasteiger partial charge < -0.3 is 5.73 Å². The molecule has 0 bridgehead atoms. The first kappa shape index (κ1) is 47.8. The Morgan fingerprint density at radius 2 is 0.714 bits per heavy atom. The monoisotopic (exact) mass is 874 g/mol. The van der Waals surface area contributed by atoms with Gasteiger partial charge in [-0.15, -0.1) is 0 Å².